The van der Waals surface area contributed by atoms with Crippen molar-refractivity contribution >= 4 is 17.3 Å². The summed E-state index contributed by atoms with van der Waals surface area (Å²) >= 11 is 0. The maximum absolute atomic E-state index is 11.3. The Morgan fingerprint density at radius 3 is 2.83 bits per heavy atom. The van der Waals surface area contributed by atoms with Crippen LogP contribution in [0, 0.1) is 0 Å². The minimum Gasteiger partial charge on any atom is -0.386 e. The molecule has 4 nitrogen and oxygen atoms in total. The van der Waals surface area contributed by atoms with E-state index in [0.717, 1.165) is 11.3 Å². The van der Waals surface area contributed by atoms with E-state index in [-0.39, 0.29) is 0 Å². The van der Waals surface area contributed by atoms with Gasteiger partial charge in [0.15, 0.2) is 0 Å². The van der Waals surface area contributed by atoms with Gasteiger partial charge in [-0.25, -0.2) is 4.99 Å². The van der Waals surface area contributed by atoms with Gasteiger partial charge in [0, 0.05) is 12.1 Å². The summed E-state index contributed by atoms with van der Waals surface area (Å²) in [5.74, 6) is -0.568. The van der Waals surface area contributed by atoms with Crippen LogP contribution in [-0.2, 0) is 4.79 Å². The van der Waals surface area contributed by atoms with Gasteiger partial charge < -0.3 is 10.0 Å². The van der Waals surface area contributed by atoms with Gasteiger partial charge in [-0.05, 0) is 6.07 Å². The first-order chi connectivity index (χ1) is 8.69. The van der Waals surface area contributed by atoms with Crippen molar-refractivity contribution in [3.8, 4) is 0 Å². The van der Waals surface area contributed by atoms with Gasteiger partial charge in [0.25, 0.3) is 5.91 Å². The SMILES string of the molecule is C=CCN1C(=C)C(=NC(=O)CO)c2ccccc21. The third-order valence-corrected chi connectivity index (χ3v) is 2.73. The Balaban J connectivity index is 2.51. The number of nitrogens with zero attached hydrogens (tertiary/aromatic N) is 2. The standard InChI is InChI=1S/C14H14N2O2/c1-3-8-16-10(2)14(15-13(18)9-17)11-6-4-5-7-12(11)16/h3-7,17H,1-2,8-9H2. The minimum atomic E-state index is -0.597. The molecule has 1 aliphatic heterocycles. The van der Waals surface area contributed by atoms with E-state index < -0.39 is 12.5 Å². The number of amides is 1. The first-order valence-electron chi connectivity index (χ1n) is 5.58. The summed E-state index contributed by atoms with van der Waals surface area (Å²) in [6.07, 6.45) is 1.76. The highest BCUT2D eigenvalue weighted by Crippen LogP contribution is 2.33. The molecule has 0 saturated heterocycles. The van der Waals surface area contributed by atoms with Crippen molar-refractivity contribution in [1.82, 2.24) is 0 Å². The first-order valence-corrected chi connectivity index (χ1v) is 5.58. The summed E-state index contributed by atoms with van der Waals surface area (Å²) in [6.45, 7) is 7.66. The zero-order chi connectivity index (χ0) is 13.1. The van der Waals surface area contributed by atoms with Crippen LogP contribution >= 0.6 is 0 Å². The Labute approximate surface area is 106 Å². The Bertz CT molecular complexity index is 546. The van der Waals surface area contributed by atoms with Crippen molar-refractivity contribution in [3.05, 3.63) is 54.8 Å². The zero-order valence-corrected chi connectivity index (χ0v) is 9.97. The number of carbonyl (C=O) groups is 1. The van der Waals surface area contributed by atoms with E-state index in [0.29, 0.717) is 18.0 Å². The van der Waals surface area contributed by atoms with Crippen LogP contribution in [0.25, 0.3) is 0 Å². The van der Waals surface area contributed by atoms with Gasteiger partial charge in [-0.2, -0.15) is 0 Å². The molecule has 1 aromatic carbocycles. The monoisotopic (exact) mass is 242 g/mol. The molecule has 0 aromatic heterocycles. The number of fused-ring (bicyclic) bond motifs is 1. The zero-order valence-electron chi connectivity index (χ0n) is 9.97. The lowest BCUT2D eigenvalue weighted by Crippen LogP contribution is -2.20. The fourth-order valence-electron chi connectivity index (χ4n) is 1.96. The van der Waals surface area contributed by atoms with E-state index in [4.69, 9.17) is 5.11 Å². The molecule has 1 aliphatic rings. The molecule has 0 bridgehead atoms. The molecule has 4 heteroatoms. The van der Waals surface area contributed by atoms with Gasteiger partial charge in [-0.1, -0.05) is 30.9 Å². The highest BCUT2D eigenvalue weighted by Gasteiger charge is 2.28. The van der Waals surface area contributed by atoms with Crippen molar-refractivity contribution in [1.29, 1.82) is 0 Å². The summed E-state index contributed by atoms with van der Waals surface area (Å²) in [7, 11) is 0. The minimum absolute atomic E-state index is 0.520. The fourth-order valence-corrected chi connectivity index (χ4v) is 1.96. The average molecular weight is 242 g/mol. The smallest absolute Gasteiger partial charge is 0.271 e. The molecule has 1 heterocycles. The topological polar surface area (TPSA) is 52.9 Å². The van der Waals surface area contributed by atoms with Crippen LogP contribution in [0.3, 0.4) is 0 Å². The number of anilines is 1. The second-order valence-corrected chi connectivity index (χ2v) is 3.88. The Kier molecular flexibility index (Phi) is 3.39. The van der Waals surface area contributed by atoms with E-state index in [1.807, 2.05) is 29.2 Å². The van der Waals surface area contributed by atoms with Crippen LogP contribution in [0.4, 0.5) is 5.69 Å². The van der Waals surface area contributed by atoms with Crippen LogP contribution in [0.1, 0.15) is 5.56 Å². The number of benzene rings is 1. The molecular weight excluding hydrogens is 228 g/mol. The summed E-state index contributed by atoms with van der Waals surface area (Å²) in [6, 6.07) is 7.62. The molecule has 1 N–H and O–H groups in total. The number of aliphatic hydroxyl groups excluding tert-OH is 1. The van der Waals surface area contributed by atoms with Gasteiger partial charge in [0.05, 0.1) is 17.1 Å². The highest BCUT2D eigenvalue weighted by molar-refractivity contribution is 6.24. The van der Waals surface area contributed by atoms with Crippen molar-refractivity contribution in [2.75, 3.05) is 18.1 Å². The highest BCUT2D eigenvalue weighted by atomic mass is 16.3. The van der Waals surface area contributed by atoms with Crippen molar-refractivity contribution in [2.45, 2.75) is 0 Å². The van der Waals surface area contributed by atoms with Gasteiger partial charge >= 0.3 is 0 Å². The molecule has 0 unspecified atom stereocenters. The summed E-state index contributed by atoms with van der Waals surface area (Å²) in [5.41, 5.74) is 2.97. The Morgan fingerprint density at radius 1 is 1.44 bits per heavy atom. The van der Waals surface area contributed by atoms with Crippen LogP contribution in [0.15, 0.2) is 54.2 Å². The number of carbonyl (C=O) groups excluding carboxylic acids is 1. The lowest BCUT2D eigenvalue weighted by atomic mass is 10.1. The lowest BCUT2D eigenvalue weighted by molar-refractivity contribution is -0.120. The van der Waals surface area contributed by atoms with E-state index in [1.165, 1.54) is 0 Å². The molecule has 92 valence electrons. The number of hydrogen-bond donors (Lipinski definition) is 1. The molecular formula is C14H14N2O2. The Morgan fingerprint density at radius 2 is 2.17 bits per heavy atom. The normalized spacial score (nSPS) is 15.9. The van der Waals surface area contributed by atoms with Crippen molar-refractivity contribution in [3.63, 3.8) is 0 Å². The molecule has 0 saturated carbocycles. The number of aliphatic imine (C=N–C) groups is 1. The van der Waals surface area contributed by atoms with Crippen molar-refractivity contribution in [2.24, 2.45) is 4.99 Å². The van der Waals surface area contributed by atoms with Crippen molar-refractivity contribution < 1.29 is 9.90 Å². The molecule has 1 amide bonds. The average Bonchev–Trinajstić information content (AvgIpc) is 2.65. The maximum atomic E-state index is 11.3. The number of allylic oxidation sites excluding steroid dienone is 1. The largest absolute Gasteiger partial charge is 0.386 e. The quantitative estimate of drug-likeness (QED) is 0.817. The molecule has 0 radical (unpaired) electrons. The summed E-state index contributed by atoms with van der Waals surface area (Å²) in [5, 5.41) is 8.78. The number of hydrogen-bond acceptors (Lipinski definition) is 3. The van der Waals surface area contributed by atoms with Crippen LogP contribution in [0.5, 0.6) is 0 Å². The molecule has 0 fully saturated rings. The molecule has 0 spiro atoms. The predicted octanol–water partition coefficient (Wildman–Crippen LogP) is 1.51. The van der Waals surface area contributed by atoms with E-state index in [1.54, 1.807) is 6.08 Å². The number of aliphatic hydroxyl groups is 1. The lowest BCUT2D eigenvalue weighted by Gasteiger charge is -2.17. The molecule has 2 rings (SSSR count). The van der Waals surface area contributed by atoms with E-state index in [2.05, 4.69) is 18.2 Å². The van der Waals surface area contributed by atoms with Crippen LogP contribution in [0.2, 0.25) is 0 Å². The number of para-hydroxylation sites is 1. The van der Waals surface area contributed by atoms with Crippen LogP contribution in [-0.4, -0.2) is 29.9 Å². The molecule has 18 heavy (non-hydrogen) atoms. The third kappa shape index (κ3) is 1.98. The molecule has 0 atom stereocenters. The summed E-state index contributed by atoms with van der Waals surface area (Å²) in [4.78, 5) is 17.1. The maximum Gasteiger partial charge on any atom is 0.271 e. The molecule has 0 aliphatic carbocycles. The molecule has 1 aromatic rings. The second-order valence-electron chi connectivity index (χ2n) is 3.88. The first kappa shape index (κ1) is 12.3. The van der Waals surface area contributed by atoms with Crippen LogP contribution < -0.4 is 4.90 Å². The summed E-state index contributed by atoms with van der Waals surface area (Å²) < 4.78 is 0. The van der Waals surface area contributed by atoms with Gasteiger partial charge in [-0.3, -0.25) is 4.79 Å². The third-order valence-electron chi connectivity index (χ3n) is 2.73. The predicted molar refractivity (Wildman–Crippen MR) is 71.8 cm³/mol. The van der Waals surface area contributed by atoms with E-state index >= 15 is 0 Å². The van der Waals surface area contributed by atoms with Gasteiger partial charge in [-0.15, -0.1) is 6.58 Å². The van der Waals surface area contributed by atoms with Gasteiger partial charge in [0.1, 0.15) is 6.61 Å². The fraction of sp³-hybridized carbons (Fsp3) is 0.143. The van der Waals surface area contributed by atoms with Gasteiger partial charge in [0.2, 0.25) is 0 Å². The van der Waals surface area contributed by atoms with E-state index in [9.17, 15) is 4.79 Å². The number of rotatable bonds is 3. The second kappa shape index (κ2) is 4.98. The Hall–Kier alpha value is -2.20.